The Bertz CT molecular complexity index is 567. The summed E-state index contributed by atoms with van der Waals surface area (Å²) in [4.78, 5) is 10.4. The molecular weight excluding hydrogens is 358 g/mol. The molecule has 4 atom stereocenters. The second-order valence-corrected chi connectivity index (χ2v) is 10.4. The van der Waals surface area contributed by atoms with E-state index in [1.54, 1.807) is 0 Å². The van der Waals surface area contributed by atoms with Crippen molar-refractivity contribution in [3.05, 3.63) is 0 Å². The molecule has 0 bridgehead atoms. The minimum atomic E-state index is 0.417. The zero-order chi connectivity index (χ0) is 21.0. The minimum absolute atomic E-state index is 0.417. The van der Waals surface area contributed by atoms with Gasteiger partial charge in [-0.1, -0.05) is 20.8 Å². The van der Waals surface area contributed by atoms with Crippen LogP contribution >= 0.6 is 0 Å². The number of methoxy groups -OCH3 is 1. The summed E-state index contributed by atoms with van der Waals surface area (Å²) in [5.41, 5.74) is 2.62. The SMILES string of the molecule is COC1CCC(N=C(C)C2CCCC(C(C)=NC3C(C)CC(C)CC3C)N2)CC1. The van der Waals surface area contributed by atoms with Crippen molar-refractivity contribution in [3.63, 3.8) is 0 Å². The summed E-state index contributed by atoms with van der Waals surface area (Å²) in [6.07, 6.45) is 11.4. The molecule has 3 rings (SSSR count). The summed E-state index contributed by atoms with van der Waals surface area (Å²) in [6.45, 7) is 11.7. The van der Waals surface area contributed by atoms with E-state index in [2.05, 4.69) is 39.9 Å². The van der Waals surface area contributed by atoms with Crippen molar-refractivity contribution in [2.75, 3.05) is 7.11 Å². The molecule has 0 aromatic rings. The molecule has 1 saturated heterocycles. The van der Waals surface area contributed by atoms with E-state index in [0.29, 0.717) is 42.1 Å². The van der Waals surface area contributed by atoms with Crippen LogP contribution in [-0.4, -0.2) is 48.8 Å². The second kappa shape index (κ2) is 10.5. The fourth-order valence-corrected chi connectivity index (χ4v) is 6.17. The summed E-state index contributed by atoms with van der Waals surface area (Å²) in [5.74, 6) is 2.25. The number of hydrogen-bond acceptors (Lipinski definition) is 4. The van der Waals surface area contributed by atoms with E-state index in [1.165, 1.54) is 56.4 Å². The number of nitrogens with zero attached hydrogens (tertiary/aromatic N) is 2. The van der Waals surface area contributed by atoms with Crippen molar-refractivity contribution in [2.24, 2.45) is 27.7 Å². The van der Waals surface area contributed by atoms with Gasteiger partial charge in [-0.15, -0.1) is 0 Å². The molecule has 4 unspecified atom stereocenters. The fraction of sp³-hybridized carbons (Fsp3) is 0.920. The summed E-state index contributed by atoms with van der Waals surface area (Å²) in [5, 5.41) is 3.90. The number of nitrogens with one attached hydrogen (secondary N) is 1. The minimum Gasteiger partial charge on any atom is -0.381 e. The first-order valence-corrected chi connectivity index (χ1v) is 12.2. The molecule has 2 saturated carbocycles. The Labute approximate surface area is 179 Å². The summed E-state index contributed by atoms with van der Waals surface area (Å²) in [7, 11) is 1.84. The zero-order valence-corrected chi connectivity index (χ0v) is 19.8. The van der Waals surface area contributed by atoms with Gasteiger partial charge in [-0.3, -0.25) is 9.98 Å². The first kappa shape index (κ1) is 22.9. The van der Waals surface area contributed by atoms with Gasteiger partial charge in [0.05, 0.1) is 18.2 Å². The van der Waals surface area contributed by atoms with Gasteiger partial charge in [-0.2, -0.15) is 0 Å². The molecule has 0 aromatic carbocycles. The topological polar surface area (TPSA) is 46.0 Å². The van der Waals surface area contributed by atoms with Gasteiger partial charge in [0, 0.05) is 30.6 Å². The Morgan fingerprint density at radius 3 is 1.90 bits per heavy atom. The summed E-state index contributed by atoms with van der Waals surface area (Å²) < 4.78 is 5.51. The Morgan fingerprint density at radius 2 is 1.34 bits per heavy atom. The van der Waals surface area contributed by atoms with Crippen LogP contribution in [-0.2, 0) is 4.74 Å². The third-order valence-corrected chi connectivity index (χ3v) is 7.83. The van der Waals surface area contributed by atoms with Gasteiger partial charge in [0.15, 0.2) is 0 Å². The molecule has 3 aliphatic rings. The first-order chi connectivity index (χ1) is 13.9. The molecule has 29 heavy (non-hydrogen) atoms. The lowest BCUT2D eigenvalue weighted by atomic mass is 9.74. The van der Waals surface area contributed by atoms with Crippen LogP contribution in [0.15, 0.2) is 9.98 Å². The highest BCUT2D eigenvalue weighted by Crippen LogP contribution is 2.35. The molecule has 0 aromatic heterocycles. The maximum Gasteiger partial charge on any atom is 0.0573 e. The van der Waals surface area contributed by atoms with Crippen LogP contribution in [0.1, 0.15) is 92.4 Å². The zero-order valence-electron chi connectivity index (χ0n) is 19.8. The quantitative estimate of drug-likeness (QED) is 0.621. The predicted octanol–water partition coefficient (Wildman–Crippen LogP) is 5.45. The molecule has 1 heterocycles. The maximum atomic E-state index is 5.51. The van der Waals surface area contributed by atoms with E-state index in [-0.39, 0.29) is 0 Å². The average molecular weight is 404 g/mol. The van der Waals surface area contributed by atoms with Crippen molar-refractivity contribution in [1.29, 1.82) is 0 Å². The summed E-state index contributed by atoms with van der Waals surface area (Å²) >= 11 is 0. The van der Waals surface area contributed by atoms with Crippen LogP contribution in [0.3, 0.4) is 0 Å². The monoisotopic (exact) mass is 403 g/mol. The standard InChI is InChI=1S/C25H45N3O/c1-16-14-17(2)25(18(3)15-16)27-20(5)24-9-7-8-23(28-24)19(4)26-21-10-12-22(29-6)13-11-21/h16-18,21-25,28H,7-15H2,1-6H3. The van der Waals surface area contributed by atoms with Crippen molar-refractivity contribution in [2.45, 2.75) is 123 Å². The lowest BCUT2D eigenvalue weighted by Gasteiger charge is -2.37. The Hall–Kier alpha value is -0.740. The molecule has 1 N–H and O–H groups in total. The molecule has 166 valence electrons. The van der Waals surface area contributed by atoms with Crippen molar-refractivity contribution >= 4 is 11.4 Å². The third kappa shape index (κ3) is 6.13. The van der Waals surface area contributed by atoms with Crippen molar-refractivity contribution in [1.82, 2.24) is 5.32 Å². The third-order valence-electron chi connectivity index (χ3n) is 7.83. The summed E-state index contributed by atoms with van der Waals surface area (Å²) in [6, 6.07) is 1.82. The van der Waals surface area contributed by atoms with Gasteiger partial charge in [-0.25, -0.2) is 0 Å². The van der Waals surface area contributed by atoms with Gasteiger partial charge in [0.2, 0.25) is 0 Å². The normalized spacial score (nSPS) is 42.7. The van der Waals surface area contributed by atoms with Gasteiger partial charge in [0.25, 0.3) is 0 Å². The predicted molar refractivity (Wildman–Crippen MR) is 124 cm³/mol. The lowest BCUT2D eigenvalue weighted by Crippen LogP contribution is -2.50. The van der Waals surface area contributed by atoms with Gasteiger partial charge < -0.3 is 10.1 Å². The van der Waals surface area contributed by atoms with E-state index in [1.807, 2.05) is 7.11 Å². The van der Waals surface area contributed by atoms with Crippen LogP contribution in [0, 0.1) is 17.8 Å². The molecule has 2 aliphatic carbocycles. The number of ether oxygens (including phenoxy) is 1. The van der Waals surface area contributed by atoms with Gasteiger partial charge in [0.1, 0.15) is 0 Å². The maximum absolute atomic E-state index is 5.51. The molecule has 0 spiro atoms. The highest BCUT2D eigenvalue weighted by molar-refractivity contribution is 5.91. The van der Waals surface area contributed by atoms with E-state index < -0.39 is 0 Å². The number of hydrogen-bond donors (Lipinski definition) is 1. The highest BCUT2D eigenvalue weighted by atomic mass is 16.5. The van der Waals surface area contributed by atoms with Crippen LogP contribution in [0.5, 0.6) is 0 Å². The highest BCUT2D eigenvalue weighted by Gasteiger charge is 2.32. The Kier molecular flexibility index (Phi) is 8.32. The molecule has 4 nitrogen and oxygen atoms in total. The van der Waals surface area contributed by atoms with Crippen molar-refractivity contribution < 1.29 is 4.74 Å². The molecular formula is C25H45N3O. The average Bonchev–Trinajstić information content (AvgIpc) is 2.71. The van der Waals surface area contributed by atoms with E-state index in [9.17, 15) is 0 Å². The fourth-order valence-electron chi connectivity index (χ4n) is 6.17. The van der Waals surface area contributed by atoms with E-state index in [0.717, 1.165) is 18.8 Å². The Morgan fingerprint density at radius 1 is 0.793 bits per heavy atom. The number of rotatable bonds is 5. The van der Waals surface area contributed by atoms with Crippen LogP contribution in [0.2, 0.25) is 0 Å². The number of piperidine rings is 1. The van der Waals surface area contributed by atoms with Gasteiger partial charge >= 0.3 is 0 Å². The lowest BCUT2D eigenvalue weighted by molar-refractivity contribution is 0.0666. The van der Waals surface area contributed by atoms with E-state index in [4.69, 9.17) is 14.7 Å². The largest absolute Gasteiger partial charge is 0.381 e. The molecule has 0 amide bonds. The smallest absolute Gasteiger partial charge is 0.0573 e. The van der Waals surface area contributed by atoms with Crippen LogP contribution < -0.4 is 5.32 Å². The molecule has 4 heteroatoms. The number of aliphatic imine (C=N–C) groups is 2. The van der Waals surface area contributed by atoms with Crippen LogP contribution in [0.25, 0.3) is 0 Å². The molecule has 1 aliphatic heterocycles. The first-order valence-electron chi connectivity index (χ1n) is 12.2. The Balaban J connectivity index is 1.59. The van der Waals surface area contributed by atoms with E-state index >= 15 is 0 Å². The molecule has 0 radical (unpaired) electrons. The molecule has 3 fully saturated rings. The second-order valence-electron chi connectivity index (χ2n) is 10.4. The van der Waals surface area contributed by atoms with Crippen LogP contribution in [0.4, 0.5) is 0 Å². The van der Waals surface area contributed by atoms with Gasteiger partial charge in [-0.05, 0) is 89.4 Å². The van der Waals surface area contributed by atoms with Crippen molar-refractivity contribution in [3.8, 4) is 0 Å².